The van der Waals surface area contributed by atoms with E-state index in [0.29, 0.717) is 36.7 Å². The Hall–Kier alpha value is -3.02. The van der Waals surface area contributed by atoms with Crippen molar-refractivity contribution >= 4 is 5.91 Å². The van der Waals surface area contributed by atoms with Crippen molar-refractivity contribution in [3.8, 4) is 11.4 Å². The van der Waals surface area contributed by atoms with Crippen LogP contribution < -0.4 is 5.32 Å². The first-order chi connectivity index (χ1) is 12.6. The standard InChI is InChI=1S/C20H20FN3O2/c1-14-6-2-4-8-16(14)20-23-19(26-24-20)11-10-18(25)22-13-12-15-7-3-5-9-17(15)21/h2-9H,10-13H2,1H3,(H,22,25). The van der Waals surface area contributed by atoms with Crippen molar-refractivity contribution in [3.63, 3.8) is 0 Å². The van der Waals surface area contributed by atoms with Crippen LogP contribution in [0.5, 0.6) is 0 Å². The van der Waals surface area contributed by atoms with Crippen LogP contribution in [-0.4, -0.2) is 22.6 Å². The third kappa shape index (κ3) is 4.53. The van der Waals surface area contributed by atoms with Crippen molar-refractivity contribution in [1.29, 1.82) is 0 Å². The van der Waals surface area contributed by atoms with Crippen LogP contribution in [-0.2, 0) is 17.6 Å². The quantitative estimate of drug-likeness (QED) is 0.706. The lowest BCUT2D eigenvalue weighted by atomic mass is 10.1. The Kier molecular flexibility index (Phi) is 5.73. The summed E-state index contributed by atoms with van der Waals surface area (Å²) in [5.74, 6) is 0.568. The average Bonchev–Trinajstić information content (AvgIpc) is 3.11. The lowest BCUT2D eigenvalue weighted by molar-refractivity contribution is -0.121. The summed E-state index contributed by atoms with van der Waals surface area (Å²) in [6.07, 6.45) is 1.06. The Morgan fingerprint density at radius 3 is 2.69 bits per heavy atom. The summed E-state index contributed by atoms with van der Waals surface area (Å²) in [5.41, 5.74) is 2.56. The number of hydrogen-bond donors (Lipinski definition) is 1. The molecule has 0 atom stereocenters. The number of benzene rings is 2. The zero-order valence-corrected chi connectivity index (χ0v) is 14.5. The maximum Gasteiger partial charge on any atom is 0.227 e. The van der Waals surface area contributed by atoms with Crippen LogP contribution >= 0.6 is 0 Å². The lowest BCUT2D eigenvalue weighted by Gasteiger charge is -2.05. The van der Waals surface area contributed by atoms with Crippen LogP contribution in [0.1, 0.15) is 23.4 Å². The highest BCUT2D eigenvalue weighted by atomic mass is 19.1. The monoisotopic (exact) mass is 353 g/mol. The molecule has 0 spiro atoms. The van der Waals surface area contributed by atoms with E-state index in [-0.39, 0.29) is 18.1 Å². The summed E-state index contributed by atoms with van der Waals surface area (Å²) < 4.78 is 18.7. The molecule has 1 heterocycles. The number of carbonyl (C=O) groups is 1. The van der Waals surface area contributed by atoms with Crippen molar-refractivity contribution in [1.82, 2.24) is 15.5 Å². The van der Waals surface area contributed by atoms with Gasteiger partial charge in [-0.15, -0.1) is 0 Å². The lowest BCUT2D eigenvalue weighted by Crippen LogP contribution is -2.26. The fraction of sp³-hybridized carbons (Fsp3) is 0.250. The number of rotatable bonds is 7. The molecule has 134 valence electrons. The Labute approximate surface area is 151 Å². The summed E-state index contributed by atoms with van der Waals surface area (Å²) >= 11 is 0. The van der Waals surface area contributed by atoms with E-state index >= 15 is 0 Å². The number of aryl methyl sites for hydroxylation is 2. The number of carbonyl (C=O) groups excluding carboxylic acids is 1. The first-order valence-electron chi connectivity index (χ1n) is 8.52. The van der Waals surface area contributed by atoms with E-state index in [4.69, 9.17) is 4.52 Å². The van der Waals surface area contributed by atoms with Gasteiger partial charge in [-0.3, -0.25) is 4.79 Å². The van der Waals surface area contributed by atoms with E-state index in [1.54, 1.807) is 18.2 Å². The van der Waals surface area contributed by atoms with E-state index in [1.165, 1.54) is 6.07 Å². The van der Waals surface area contributed by atoms with Crippen LogP contribution in [0.3, 0.4) is 0 Å². The molecule has 6 heteroatoms. The molecule has 0 unspecified atom stereocenters. The van der Waals surface area contributed by atoms with E-state index in [9.17, 15) is 9.18 Å². The maximum absolute atomic E-state index is 13.5. The first-order valence-corrected chi connectivity index (χ1v) is 8.52. The Morgan fingerprint density at radius 2 is 1.88 bits per heavy atom. The van der Waals surface area contributed by atoms with Crippen molar-refractivity contribution in [3.05, 3.63) is 71.4 Å². The van der Waals surface area contributed by atoms with Gasteiger partial charge in [0.05, 0.1) is 0 Å². The largest absolute Gasteiger partial charge is 0.356 e. The zero-order chi connectivity index (χ0) is 18.4. The minimum atomic E-state index is -0.253. The minimum Gasteiger partial charge on any atom is -0.356 e. The Morgan fingerprint density at radius 1 is 1.12 bits per heavy atom. The number of nitrogens with zero attached hydrogens (tertiary/aromatic N) is 2. The normalized spacial score (nSPS) is 10.7. The van der Waals surface area contributed by atoms with Gasteiger partial charge in [0.25, 0.3) is 0 Å². The third-order valence-electron chi connectivity index (χ3n) is 4.09. The first kappa shape index (κ1) is 17.8. The van der Waals surface area contributed by atoms with Gasteiger partial charge in [0.15, 0.2) is 0 Å². The predicted molar refractivity (Wildman–Crippen MR) is 95.9 cm³/mol. The van der Waals surface area contributed by atoms with Gasteiger partial charge in [0, 0.05) is 24.9 Å². The second kappa shape index (κ2) is 8.38. The molecular formula is C20H20FN3O2. The molecule has 1 aromatic heterocycles. The van der Waals surface area contributed by atoms with Gasteiger partial charge < -0.3 is 9.84 Å². The summed E-state index contributed by atoms with van der Waals surface area (Å²) in [6.45, 7) is 2.37. The Balaban J connectivity index is 1.46. The third-order valence-corrected chi connectivity index (χ3v) is 4.09. The summed E-state index contributed by atoms with van der Waals surface area (Å²) in [7, 11) is 0. The summed E-state index contributed by atoms with van der Waals surface area (Å²) in [5, 5.41) is 6.76. The fourth-order valence-corrected chi connectivity index (χ4v) is 2.64. The van der Waals surface area contributed by atoms with Gasteiger partial charge in [-0.05, 0) is 30.5 Å². The summed E-state index contributed by atoms with van der Waals surface area (Å²) in [4.78, 5) is 16.3. The van der Waals surface area contributed by atoms with Crippen LogP contribution in [0.25, 0.3) is 11.4 Å². The average molecular weight is 353 g/mol. The SMILES string of the molecule is Cc1ccccc1-c1noc(CCC(=O)NCCc2ccccc2F)n1. The molecule has 1 amide bonds. The van der Waals surface area contributed by atoms with Gasteiger partial charge in [0.2, 0.25) is 17.6 Å². The number of amides is 1. The van der Waals surface area contributed by atoms with Gasteiger partial charge >= 0.3 is 0 Å². The Bertz CT molecular complexity index is 892. The smallest absolute Gasteiger partial charge is 0.227 e. The number of halogens is 1. The van der Waals surface area contributed by atoms with Crippen molar-refractivity contribution in [2.45, 2.75) is 26.2 Å². The molecular weight excluding hydrogens is 333 g/mol. The molecule has 0 aliphatic rings. The molecule has 0 saturated heterocycles. The van der Waals surface area contributed by atoms with E-state index in [2.05, 4.69) is 15.5 Å². The molecule has 26 heavy (non-hydrogen) atoms. The van der Waals surface area contributed by atoms with Crippen molar-refractivity contribution in [2.24, 2.45) is 0 Å². The van der Waals surface area contributed by atoms with E-state index in [1.807, 2.05) is 31.2 Å². The van der Waals surface area contributed by atoms with Crippen LogP contribution in [0.15, 0.2) is 53.1 Å². The van der Waals surface area contributed by atoms with Crippen molar-refractivity contribution in [2.75, 3.05) is 6.54 Å². The van der Waals surface area contributed by atoms with Crippen LogP contribution in [0.4, 0.5) is 4.39 Å². The second-order valence-corrected chi connectivity index (χ2v) is 6.02. The number of hydrogen-bond acceptors (Lipinski definition) is 4. The maximum atomic E-state index is 13.5. The molecule has 3 rings (SSSR count). The summed E-state index contributed by atoms with van der Waals surface area (Å²) in [6, 6.07) is 14.3. The number of aromatic nitrogens is 2. The molecule has 3 aromatic rings. The second-order valence-electron chi connectivity index (χ2n) is 6.02. The topological polar surface area (TPSA) is 68.0 Å². The fourth-order valence-electron chi connectivity index (χ4n) is 2.64. The van der Waals surface area contributed by atoms with Crippen molar-refractivity contribution < 1.29 is 13.7 Å². The molecule has 5 nitrogen and oxygen atoms in total. The predicted octanol–water partition coefficient (Wildman–Crippen LogP) is 3.48. The molecule has 1 N–H and O–H groups in total. The van der Waals surface area contributed by atoms with E-state index < -0.39 is 0 Å². The molecule has 0 fully saturated rings. The van der Waals surface area contributed by atoms with Gasteiger partial charge in [-0.2, -0.15) is 4.98 Å². The molecule has 0 aliphatic carbocycles. The molecule has 0 radical (unpaired) electrons. The zero-order valence-electron chi connectivity index (χ0n) is 14.5. The highest BCUT2D eigenvalue weighted by Crippen LogP contribution is 2.20. The number of nitrogens with one attached hydrogen (secondary N) is 1. The minimum absolute atomic E-state index is 0.128. The molecule has 0 bridgehead atoms. The van der Waals surface area contributed by atoms with Crippen LogP contribution in [0.2, 0.25) is 0 Å². The highest BCUT2D eigenvalue weighted by molar-refractivity contribution is 5.76. The molecule has 2 aromatic carbocycles. The van der Waals surface area contributed by atoms with Gasteiger partial charge in [-0.25, -0.2) is 4.39 Å². The molecule has 0 aliphatic heterocycles. The van der Waals surface area contributed by atoms with Gasteiger partial charge in [0.1, 0.15) is 5.82 Å². The van der Waals surface area contributed by atoms with Crippen LogP contribution in [0, 0.1) is 12.7 Å². The molecule has 0 saturated carbocycles. The van der Waals surface area contributed by atoms with E-state index in [0.717, 1.165) is 11.1 Å². The highest BCUT2D eigenvalue weighted by Gasteiger charge is 2.12. The van der Waals surface area contributed by atoms with Gasteiger partial charge in [-0.1, -0.05) is 47.6 Å².